The fraction of sp³-hybridized carbons (Fsp3) is 0.643. The van der Waals surface area contributed by atoms with Crippen LogP contribution in [0, 0.1) is 12.8 Å². The topological polar surface area (TPSA) is 42.2 Å². The molecule has 2 fully saturated rings. The normalized spacial score (nSPS) is 28.2. The number of nitrogens with zero attached hydrogens (tertiary/aromatic N) is 2. The van der Waals surface area contributed by atoms with Crippen molar-refractivity contribution in [2.45, 2.75) is 45.1 Å². The summed E-state index contributed by atoms with van der Waals surface area (Å²) >= 11 is 0. The molecule has 0 aromatic carbocycles. The lowest BCUT2D eigenvalue weighted by atomic mass is 9.85. The Morgan fingerprint density at radius 3 is 2.94 bits per heavy atom. The molecule has 2 aliphatic rings. The van der Waals surface area contributed by atoms with Crippen LogP contribution in [0.3, 0.4) is 0 Å². The van der Waals surface area contributed by atoms with Crippen LogP contribution in [0.5, 0.6) is 0 Å². The van der Waals surface area contributed by atoms with Gasteiger partial charge in [-0.3, -0.25) is 0 Å². The minimum atomic E-state index is 0.696. The molecule has 3 rings (SSSR count). The fourth-order valence-electron chi connectivity index (χ4n) is 3.49. The van der Waals surface area contributed by atoms with Crippen LogP contribution in [-0.4, -0.2) is 17.6 Å². The first-order valence-corrected chi connectivity index (χ1v) is 6.74. The number of hydrogen-bond donors (Lipinski definition) is 1. The molecule has 1 aliphatic carbocycles. The number of nitrogens with two attached hydrogens (primary N) is 1. The molecule has 1 saturated heterocycles. The third-order valence-electron chi connectivity index (χ3n) is 4.31. The van der Waals surface area contributed by atoms with Gasteiger partial charge >= 0.3 is 0 Å². The molecule has 0 radical (unpaired) electrons. The number of aromatic nitrogens is 1. The average molecular weight is 231 g/mol. The summed E-state index contributed by atoms with van der Waals surface area (Å²) in [7, 11) is 0. The van der Waals surface area contributed by atoms with E-state index in [9.17, 15) is 0 Å². The van der Waals surface area contributed by atoms with Gasteiger partial charge < -0.3 is 10.6 Å². The smallest absolute Gasteiger partial charge is 0.152 e. The maximum absolute atomic E-state index is 6.12. The molecule has 17 heavy (non-hydrogen) atoms. The second-order valence-electron chi connectivity index (χ2n) is 5.52. The summed E-state index contributed by atoms with van der Waals surface area (Å²) in [5, 5.41) is 0. The van der Waals surface area contributed by atoms with Crippen molar-refractivity contribution in [2.75, 3.05) is 17.2 Å². The third-order valence-corrected chi connectivity index (χ3v) is 4.31. The van der Waals surface area contributed by atoms with Crippen molar-refractivity contribution in [1.82, 2.24) is 4.98 Å². The van der Waals surface area contributed by atoms with Gasteiger partial charge in [0.2, 0.25) is 0 Å². The molecule has 1 aromatic rings. The Kier molecular flexibility index (Phi) is 2.69. The van der Waals surface area contributed by atoms with Gasteiger partial charge in [-0.15, -0.1) is 0 Å². The van der Waals surface area contributed by atoms with Crippen LogP contribution in [0.4, 0.5) is 11.5 Å². The van der Waals surface area contributed by atoms with Crippen LogP contribution in [-0.2, 0) is 0 Å². The first-order valence-electron chi connectivity index (χ1n) is 6.74. The Morgan fingerprint density at radius 2 is 2.12 bits per heavy atom. The van der Waals surface area contributed by atoms with E-state index in [-0.39, 0.29) is 0 Å². The van der Waals surface area contributed by atoms with Crippen LogP contribution >= 0.6 is 0 Å². The highest BCUT2D eigenvalue weighted by molar-refractivity contribution is 5.64. The molecule has 0 bridgehead atoms. The number of rotatable bonds is 1. The van der Waals surface area contributed by atoms with Gasteiger partial charge in [-0.25, -0.2) is 4.98 Å². The number of pyridine rings is 1. The molecular weight excluding hydrogens is 210 g/mol. The van der Waals surface area contributed by atoms with Gasteiger partial charge in [0.05, 0.1) is 5.69 Å². The zero-order chi connectivity index (χ0) is 11.8. The Morgan fingerprint density at radius 1 is 1.29 bits per heavy atom. The minimum Gasteiger partial charge on any atom is -0.396 e. The molecule has 2 unspecified atom stereocenters. The van der Waals surface area contributed by atoms with Gasteiger partial charge in [-0.1, -0.05) is 12.8 Å². The predicted molar refractivity (Wildman–Crippen MR) is 71.1 cm³/mol. The number of nitrogen functional groups attached to an aromatic ring is 1. The van der Waals surface area contributed by atoms with Gasteiger partial charge in [-0.05, 0) is 43.7 Å². The minimum absolute atomic E-state index is 0.696. The van der Waals surface area contributed by atoms with E-state index in [1.54, 1.807) is 0 Å². The van der Waals surface area contributed by atoms with Crippen molar-refractivity contribution in [1.29, 1.82) is 0 Å². The summed E-state index contributed by atoms with van der Waals surface area (Å²) in [4.78, 5) is 7.01. The number of fused-ring (bicyclic) bond motifs is 1. The van der Waals surface area contributed by atoms with E-state index in [1.807, 2.05) is 19.2 Å². The Labute approximate surface area is 103 Å². The Hall–Kier alpha value is -1.25. The SMILES string of the molecule is Cc1cnc(N2CCC3CCCCC32)c(N)c1. The van der Waals surface area contributed by atoms with E-state index < -0.39 is 0 Å². The predicted octanol–water partition coefficient (Wildman–Crippen LogP) is 2.74. The largest absolute Gasteiger partial charge is 0.396 e. The van der Waals surface area contributed by atoms with Crippen LogP contribution in [0.1, 0.15) is 37.7 Å². The number of aryl methyl sites for hydroxylation is 1. The zero-order valence-corrected chi connectivity index (χ0v) is 10.5. The first-order chi connectivity index (χ1) is 8.25. The first kappa shape index (κ1) is 10.9. The summed E-state index contributed by atoms with van der Waals surface area (Å²) in [5.74, 6) is 1.90. The Bertz CT molecular complexity index is 416. The quantitative estimate of drug-likeness (QED) is 0.808. The van der Waals surface area contributed by atoms with Crippen molar-refractivity contribution in [3.8, 4) is 0 Å². The van der Waals surface area contributed by atoms with E-state index in [4.69, 9.17) is 5.73 Å². The molecule has 0 spiro atoms. The molecule has 0 amide bonds. The van der Waals surface area contributed by atoms with Crippen LogP contribution < -0.4 is 10.6 Å². The molecular formula is C14H21N3. The van der Waals surface area contributed by atoms with Crippen molar-refractivity contribution in [2.24, 2.45) is 5.92 Å². The maximum Gasteiger partial charge on any atom is 0.152 e. The molecule has 3 nitrogen and oxygen atoms in total. The summed E-state index contributed by atoms with van der Waals surface area (Å²) in [6.07, 6.45) is 8.74. The van der Waals surface area contributed by atoms with E-state index in [0.29, 0.717) is 6.04 Å². The summed E-state index contributed by atoms with van der Waals surface area (Å²) in [5.41, 5.74) is 8.11. The molecule has 92 valence electrons. The summed E-state index contributed by atoms with van der Waals surface area (Å²) in [6, 6.07) is 2.74. The van der Waals surface area contributed by atoms with Crippen molar-refractivity contribution < 1.29 is 0 Å². The van der Waals surface area contributed by atoms with E-state index in [0.717, 1.165) is 29.5 Å². The lowest BCUT2D eigenvalue weighted by Gasteiger charge is -2.33. The van der Waals surface area contributed by atoms with Crippen molar-refractivity contribution in [3.05, 3.63) is 17.8 Å². The summed E-state index contributed by atoms with van der Waals surface area (Å²) < 4.78 is 0. The second-order valence-corrected chi connectivity index (χ2v) is 5.52. The number of hydrogen-bond acceptors (Lipinski definition) is 3. The molecule has 1 aliphatic heterocycles. The van der Waals surface area contributed by atoms with Gasteiger partial charge in [0, 0.05) is 18.8 Å². The number of anilines is 2. The van der Waals surface area contributed by atoms with Gasteiger partial charge in [0.1, 0.15) is 0 Å². The Balaban J connectivity index is 1.88. The van der Waals surface area contributed by atoms with Crippen LogP contribution in [0.25, 0.3) is 0 Å². The second kappa shape index (κ2) is 4.21. The van der Waals surface area contributed by atoms with Gasteiger partial charge in [0.15, 0.2) is 5.82 Å². The lowest BCUT2D eigenvalue weighted by molar-refractivity contribution is 0.341. The van der Waals surface area contributed by atoms with Crippen molar-refractivity contribution in [3.63, 3.8) is 0 Å². The van der Waals surface area contributed by atoms with Crippen LogP contribution in [0.2, 0.25) is 0 Å². The summed E-state index contributed by atoms with van der Waals surface area (Å²) in [6.45, 7) is 3.18. The molecule has 1 aromatic heterocycles. The van der Waals surface area contributed by atoms with Gasteiger partial charge in [-0.2, -0.15) is 0 Å². The van der Waals surface area contributed by atoms with E-state index >= 15 is 0 Å². The molecule has 2 atom stereocenters. The average Bonchev–Trinajstić information content (AvgIpc) is 2.73. The zero-order valence-electron chi connectivity index (χ0n) is 10.5. The lowest BCUT2D eigenvalue weighted by Crippen LogP contribution is -2.35. The van der Waals surface area contributed by atoms with Crippen LogP contribution in [0.15, 0.2) is 12.3 Å². The fourth-order valence-corrected chi connectivity index (χ4v) is 3.49. The van der Waals surface area contributed by atoms with Gasteiger partial charge in [0.25, 0.3) is 0 Å². The molecule has 2 N–H and O–H groups in total. The highest BCUT2D eigenvalue weighted by Gasteiger charge is 2.36. The van der Waals surface area contributed by atoms with E-state index in [1.165, 1.54) is 32.1 Å². The molecule has 3 heteroatoms. The highest BCUT2D eigenvalue weighted by Crippen LogP contribution is 2.39. The maximum atomic E-state index is 6.12. The molecule has 1 saturated carbocycles. The molecule has 2 heterocycles. The third kappa shape index (κ3) is 1.88. The standard InChI is InChI=1S/C14H21N3/c1-10-8-12(15)14(16-9-10)17-7-6-11-4-2-3-5-13(11)17/h8-9,11,13H,2-7,15H2,1H3. The highest BCUT2D eigenvalue weighted by atomic mass is 15.2. The monoisotopic (exact) mass is 231 g/mol. The van der Waals surface area contributed by atoms with Crippen molar-refractivity contribution >= 4 is 11.5 Å². The van der Waals surface area contributed by atoms with E-state index in [2.05, 4.69) is 9.88 Å².